The number of nitrogens with zero attached hydrogens (tertiary/aromatic N) is 2. The van der Waals surface area contributed by atoms with Crippen molar-refractivity contribution in [3.8, 4) is 0 Å². The van der Waals surface area contributed by atoms with E-state index in [1.807, 2.05) is 24.3 Å². The van der Waals surface area contributed by atoms with E-state index in [-0.39, 0.29) is 5.91 Å². The maximum atomic E-state index is 12.0. The minimum absolute atomic E-state index is 0.189. The lowest BCUT2D eigenvalue weighted by Crippen LogP contribution is -2.43. The first-order valence-corrected chi connectivity index (χ1v) is 7.11. The highest BCUT2D eigenvalue weighted by molar-refractivity contribution is 6.02. The monoisotopic (exact) mass is 282 g/mol. The zero-order chi connectivity index (χ0) is 14.5. The molecule has 0 radical (unpaired) electrons. The van der Waals surface area contributed by atoms with Crippen LogP contribution in [0, 0.1) is 0 Å². The summed E-state index contributed by atoms with van der Waals surface area (Å²) in [4.78, 5) is 18.4. The summed E-state index contributed by atoms with van der Waals surface area (Å²) in [6.07, 6.45) is 1.61. The Labute approximate surface area is 124 Å². The zero-order valence-electron chi connectivity index (χ0n) is 11.7. The van der Waals surface area contributed by atoms with E-state index >= 15 is 0 Å². The molecule has 2 aromatic rings. The Hall–Kier alpha value is -2.40. The molecule has 0 saturated carbocycles. The quantitative estimate of drug-likeness (QED) is 0.900. The van der Waals surface area contributed by atoms with Crippen LogP contribution in [0.4, 0.5) is 11.4 Å². The molecule has 5 nitrogen and oxygen atoms in total. The molecule has 108 valence electrons. The van der Waals surface area contributed by atoms with Gasteiger partial charge in [-0.15, -0.1) is 0 Å². The number of benzene rings is 1. The SMILES string of the molecule is O=C(Nc1ccc(N2CCNCC2)cc1)c1ccccn1. The fourth-order valence-electron chi connectivity index (χ4n) is 2.37. The molecule has 0 spiro atoms. The van der Waals surface area contributed by atoms with Gasteiger partial charge in [0.1, 0.15) is 5.69 Å². The van der Waals surface area contributed by atoms with Crippen molar-refractivity contribution in [3.05, 3.63) is 54.4 Å². The van der Waals surface area contributed by atoms with Gasteiger partial charge in [-0.05, 0) is 36.4 Å². The van der Waals surface area contributed by atoms with E-state index in [0.29, 0.717) is 5.69 Å². The molecule has 1 aliphatic rings. The Morgan fingerprint density at radius 1 is 1.10 bits per heavy atom. The van der Waals surface area contributed by atoms with Crippen LogP contribution >= 0.6 is 0 Å². The summed E-state index contributed by atoms with van der Waals surface area (Å²) in [5, 5.41) is 6.19. The van der Waals surface area contributed by atoms with Crippen molar-refractivity contribution >= 4 is 17.3 Å². The molecule has 1 aromatic carbocycles. The topological polar surface area (TPSA) is 57.3 Å². The number of hydrogen-bond acceptors (Lipinski definition) is 4. The average Bonchev–Trinajstić information content (AvgIpc) is 2.57. The second kappa shape index (κ2) is 6.37. The Morgan fingerprint density at radius 2 is 1.86 bits per heavy atom. The van der Waals surface area contributed by atoms with Crippen LogP contribution in [0.25, 0.3) is 0 Å². The van der Waals surface area contributed by atoms with E-state index in [2.05, 4.69) is 20.5 Å². The van der Waals surface area contributed by atoms with Gasteiger partial charge in [-0.2, -0.15) is 0 Å². The molecule has 0 atom stereocenters. The predicted octanol–water partition coefficient (Wildman–Crippen LogP) is 1.74. The van der Waals surface area contributed by atoms with Crippen LogP contribution in [-0.2, 0) is 0 Å². The maximum Gasteiger partial charge on any atom is 0.274 e. The van der Waals surface area contributed by atoms with Crippen LogP contribution in [-0.4, -0.2) is 37.1 Å². The fourth-order valence-corrected chi connectivity index (χ4v) is 2.37. The third-order valence-electron chi connectivity index (χ3n) is 3.50. The molecule has 21 heavy (non-hydrogen) atoms. The highest BCUT2D eigenvalue weighted by Gasteiger charge is 2.11. The van der Waals surface area contributed by atoms with E-state index < -0.39 is 0 Å². The van der Waals surface area contributed by atoms with Crippen molar-refractivity contribution in [3.63, 3.8) is 0 Å². The Kier molecular flexibility index (Phi) is 4.12. The van der Waals surface area contributed by atoms with Crippen LogP contribution < -0.4 is 15.5 Å². The number of hydrogen-bond donors (Lipinski definition) is 2. The number of pyridine rings is 1. The lowest BCUT2D eigenvalue weighted by molar-refractivity contribution is 0.102. The van der Waals surface area contributed by atoms with Crippen molar-refractivity contribution in [1.82, 2.24) is 10.3 Å². The molecule has 2 N–H and O–H groups in total. The lowest BCUT2D eigenvalue weighted by Gasteiger charge is -2.29. The molecule has 1 fully saturated rings. The normalized spacial score (nSPS) is 14.8. The van der Waals surface area contributed by atoms with Crippen LogP contribution in [0.2, 0.25) is 0 Å². The van der Waals surface area contributed by atoms with Gasteiger partial charge in [-0.3, -0.25) is 9.78 Å². The van der Waals surface area contributed by atoms with Gasteiger partial charge in [0.2, 0.25) is 0 Å². The number of piperazine rings is 1. The molecule has 1 amide bonds. The van der Waals surface area contributed by atoms with Crippen molar-refractivity contribution in [2.45, 2.75) is 0 Å². The van der Waals surface area contributed by atoms with E-state index in [1.54, 1.807) is 24.4 Å². The second-order valence-electron chi connectivity index (χ2n) is 4.95. The van der Waals surface area contributed by atoms with Crippen molar-refractivity contribution in [1.29, 1.82) is 0 Å². The van der Waals surface area contributed by atoms with Gasteiger partial charge in [-0.25, -0.2) is 0 Å². The highest BCUT2D eigenvalue weighted by Crippen LogP contribution is 2.18. The summed E-state index contributed by atoms with van der Waals surface area (Å²) in [6.45, 7) is 4.05. The molecular formula is C16H18N4O. The van der Waals surface area contributed by atoms with Gasteiger partial charge in [0.15, 0.2) is 0 Å². The van der Waals surface area contributed by atoms with Gasteiger partial charge >= 0.3 is 0 Å². The van der Waals surface area contributed by atoms with Crippen LogP contribution in [0.1, 0.15) is 10.5 Å². The third-order valence-corrected chi connectivity index (χ3v) is 3.50. The van der Waals surface area contributed by atoms with Crippen molar-refractivity contribution < 1.29 is 4.79 Å². The lowest BCUT2D eigenvalue weighted by atomic mass is 10.2. The van der Waals surface area contributed by atoms with Crippen LogP contribution in [0.3, 0.4) is 0 Å². The third kappa shape index (κ3) is 3.38. The first kappa shape index (κ1) is 13.6. The molecule has 1 aliphatic heterocycles. The van der Waals surface area contributed by atoms with Gasteiger partial charge in [0, 0.05) is 43.8 Å². The summed E-state index contributed by atoms with van der Waals surface area (Å²) >= 11 is 0. The number of aromatic nitrogens is 1. The molecule has 2 heterocycles. The Balaban J connectivity index is 1.65. The molecule has 0 bridgehead atoms. The Morgan fingerprint density at radius 3 is 2.52 bits per heavy atom. The minimum atomic E-state index is -0.189. The zero-order valence-corrected chi connectivity index (χ0v) is 11.7. The van der Waals surface area contributed by atoms with Crippen molar-refractivity contribution in [2.75, 3.05) is 36.4 Å². The molecule has 1 aromatic heterocycles. The molecule has 0 aliphatic carbocycles. The van der Waals surface area contributed by atoms with Gasteiger partial charge in [0.05, 0.1) is 0 Å². The molecule has 5 heteroatoms. The number of carbonyl (C=O) groups is 1. The fraction of sp³-hybridized carbons (Fsp3) is 0.250. The van der Waals surface area contributed by atoms with Crippen molar-refractivity contribution in [2.24, 2.45) is 0 Å². The first-order chi connectivity index (χ1) is 10.3. The highest BCUT2D eigenvalue weighted by atomic mass is 16.1. The standard InChI is InChI=1S/C16H18N4O/c21-16(15-3-1-2-8-18-15)19-13-4-6-14(7-5-13)20-11-9-17-10-12-20/h1-8,17H,9-12H2,(H,19,21). The van der Waals surface area contributed by atoms with E-state index in [1.165, 1.54) is 5.69 Å². The number of rotatable bonds is 3. The summed E-state index contributed by atoms with van der Waals surface area (Å²) in [6, 6.07) is 13.2. The number of anilines is 2. The van der Waals surface area contributed by atoms with Gasteiger partial charge in [-0.1, -0.05) is 6.07 Å². The van der Waals surface area contributed by atoms with Crippen LogP contribution in [0.5, 0.6) is 0 Å². The summed E-state index contributed by atoms with van der Waals surface area (Å²) in [5.41, 5.74) is 2.39. The molecule has 3 rings (SSSR count). The smallest absolute Gasteiger partial charge is 0.274 e. The minimum Gasteiger partial charge on any atom is -0.369 e. The van der Waals surface area contributed by atoms with E-state index in [9.17, 15) is 4.79 Å². The summed E-state index contributed by atoms with van der Waals surface area (Å²) in [5.74, 6) is -0.189. The van der Waals surface area contributed by atoms with Gasteiger partial charge < -0.3 is 15.5 Å². The molecule has 1 saturated heterocycles. The molecule has 0 unspecified atom stereocenters. The second-order valence-corrected chi connectivity index (χ2v) is 4.95. The first-order valence-electron chi connectivity index (χ1n) is 7.11. The largest absolute Gasteiger partial charge is 0.369 e. The van der Waals surface area contributed by atoms with Crippen LogP contribution in [0.15, 0.2) is 48.7 Å². The number of amides is 1. The number of carbonyl (C=O) groups excluding carboxylic acids is 1. The van der Waals surface area contributed by atoms with E-state index in [0.717, 1.165) is 31.9 Å². The molecular weight excluding hydrogens is 264 g/mol. The number of nitrogens with one attached hydrogen (secondary N) is 2. The Bertz CT molecular complexity index is 591. The summed E-state index contributed by atoms with van der Waals surface area (Å²) in [7, 11) is 0. The predicted molar refractivity (Wildman–Crippen MR) is 83.7 cm³/mol. The van der Waals surface area contributed by atoms with E-state index in [4.69, 9.17) is 0 Å². The average molecular weight is 282 g/mol. The summed E-state index contributed by atoms with van der Waals surface area (Å²) < 4.78 is 0. The van der Waals surface area contributed by atoms with Gasteiger partial charge in [0.25, 0.3) is 5.91 Å². The maximum absolute atomic E-state index is 12.0.